The summed E-state index contributed by atoms with van der Waals surface area (Å²) < 4.78 is 6.89. The summed E-state index contributed by atoms with van der Waals surface area (Å²) >= 11 is 0. The first-order valence-electron chi connectivity index (χ1n) is 18.3. The van der Waals surface area contributed by atoms with E-state index in [-0.39, 0.29) is 0 Å². The average molecular weight is 700 g/mol. The van der Waals surface area contributed by atoms with Crippen molar-refractivity contribution in [2.45, 2.75) is 0 Å². The van der Waals surface area contributed by atoms with E-state index in [0.29, 0.717) is 11.1 Å². The normalized spacial score (nSPS) is 11.6. The van der Waals surface area contributed by atoms with Gasteiger partial charge in [-0.3, -0.25) is 0 Å². The number of hydrogen-bond acceptors (Lipinski definition) is 2. The van der Waals surface area contributed by atoms with E-state index in [1.165, 1.54) is 32.6 Å². The molecule has 0 atom stereocenters. The molecule has 8 aromatic carbocycles. The first kappa shape index (κ1) is 30.7. The smallest absolute Gasteiger partial charge is 0.0998 e. The first-order chi connectivity index (χ1) is 27.2. The SMILES string of the molecule is N#Cc1ccc(-n2c3ccccc3c3ccc(-n4c5ccccc5c5ccccc54)cc32)cc1-c1ccc(-n2c3ccccc3c3c(C#N)cccc32)cc1. The summed E-state index contributed by atoms with van der Waals surface area (Å²) in [7, 11) is 0. The van der Waals surface area contributed by atoms with Crippen LogP contribution in [0.3, 0.4) is 0 Å². The molecular weight excluding hydrogens is 671 g/mol. The van der Waals surface area contributed by atoms with Gasteiger partial charge >= 0.3 is 0 Å². The van der Waals surface area contributed by atoms with Gasteiger partial charge in [0.2, 0.25) is 0 Å². The lowest BCUT2D eigenvalue weighted by Crippen LogP contribution is -1.98. The van der Waals surface area contributed by atoms with Gasteiger partial charge in [0, 0.05) is 54.9 Å². The molecule has 5 heteroatoms. The van der Waals surface area contributed by atoms with Crippen LogP contribution in [0.1, 0.15) is 11.1 Å². The van der Waals surface area contributed by atoms with Gasteiger partial charge in [0.25, 0.3) is 0 Å². The van der Waals surface area contributed by atoms with Gasteiger partial charge in [-0.2, -0.15) is 10.5 Å². The van der Waals surface area contributed by atoms with Gasteiger partial charge in [-0.1, -0.05) is 97.1 Å². The second kappa shape index (κ2) is 11.8. The van der Waals surface area contributed by atoms with Crippen molar-refractivity contribution in [2.75, 3.05) is 0 Å². The molecule has 0 N–H and O–H groups in total. The maximum Gasteiger partial charge on any atom is 0.0998 e. The third kappa shape index (κ3) is 4.45. The minimum absolute atomic E-state index is 0.610. The number of nitriles is 2. The Balaban J connectivity index is 1.09. The van der Waals surface area contributed by atoms with Crippen molar-refractivity contribution in [3.63, 3.8) is 0 Å². The molecule has 3 heterocycles. The molecule has 0 bridgehead atoms. The minimum Gasteiger partial charge on any atom is -0.309 e. The minimum atomic E-state index is 0.610. The lowest BCUT2D eigenvalue weighted by atomic mass is 9.99. The van der Waals surface area contributed by atoms with Crippen LogP contribution in [0.2, 0.25) is 0 Å². The molecule has 0 aliphatic rings. The quantitative estimate of drug-likeness (QED) is 0.184. The van der Waals surface area contributed by atoms with Gasteiger partial charge in [-0.15, -0.1) is 0 Å². The zero-order valence-corrected chi connectivity index (χ0v) is 29.5. The Labute approximate surface area is 316 Å². The Bertz CT molecular complexity index is 3400. The molecule has 0 radical (unpaired) electrons. The second-order valence-electron chi connectivity index (χ2n) is 14.0. The van der Waals surface area contributed by atoms with Crippen LogP contribution < -0.4 is 0 Å². The Morgan fingerprint density at radius 1 is 0.327 bits per heavy atom. The van der Waals surface area contributed by atoms with Crippen molar-refractivity contribution in [1.29, 1.82) is 10.5 Å². The maximum absolute atomic E-state index is 10.4. The van der Waals surface area contributed by atoms with Gasteiger partial charge in [0.1, 0.15) is 0 Å². The highest BCUT2D eigenvalue weighted by atomic mass is 15.0. The summed E-state index contributed by atoms with van der Waals surface area (Å²) in [5.74, 6) is 0. The molecule has 11 aromatic rings. The van der Waals surface area contributed by atoms with Crippen molar-refractivity contribution >= 4 is 65.4 Å². The summed E-state index contributed by atoms with van der Waals surface area (Å²) in [4.78, 5) is 0. The van der Waals surface area contributed by atoms with Crippen LogP contribution in [0.5, 0.6) is 0 Å². The zero-order valence-electron chi connectivity index (χ0n) is 29.5. The predicted molar refractivity (Wildman–Crippen MR) is 224 cm³/mol. The van der Waals surface area contributed by atoms with Crippen molar-refractivity contribution < 1.29 is 0 Å². The van der Waals surface area contributed by atoms with Crippen LogP contribution in [0, 0.1) is 22.7 Å². The maximum atomic E-state index is 10.4. The van der Waals surface area contributed by atoms with E-state index in [2.05, 4.69) is 171 Å². The van der Waals surface area contributed by atoms with E-state index in [4.69, 9.17) is 0 Å². The number of fused-ring (bicyclic) bond motifs is 9. The van der Waals surface area contributed by atoms with E-state index < -0.39 is 0 Å². The van der Waals surface area contributed by atoms with E-state index in [1.807, 2.05) is 30.3 Å². The van der Waals surface area contributed by atoms with Crippen LogP contribution in [-0.4, -0.2) is 13.7 Å². The summed E-state index contributed by atoms with van der Waals surface area (Å²) in [6.07, 6.45) is 0. The summed E-state index contributed by atoms with van der Waals surface area (Å²) in [5, 5.41) is 27.1. The monoisotopic (exact) mass is 699 g/mol. The molecular formula is C50H29N5. The van der Waals surface area contributed by atoms with E-state index >= 15 is 0 Å². The Morgan fingerprint density at radius 3 is 1.40 bits per heavy atom. The number of para-hydroxylation sites is 4. The summed E-state index contributed by atoms with van der Waals surface area (Å²) in [6, 6.07) is 66.0. The van der Waals surface area contributed by atoms with Crippen molar-refractivity contribution in [3.05, 3.63) is 187 Å². The average Bonchev–Trinajstić information content (AvgIpc) is 3.89. The van der Waals surface area contributed by atoms with Crippen LogP contribution >= 0.6 is 0 Å². The molecule has 0 spiro atoms. The number of benzene rings is 8. The van der Waals surface area contributed by atoms with E-state index in [9.17, 15) is 10.5 Å². The Morgan fingerprint density at radius 2 is 0.782 bits per heavy atom. The van der Waals surface area contributed by atoms with Crippen LogP contribution in [0.25, 0.3) is 93.6 Å². The largest absolute Gasteiger partial charge is 0.309 e. The fourth-order valence-corrected chi connectivity index (χ4v) is 8.77. The predicted octanol–water partition coefficient (Wildman–Crippen LogP) is 12.4. The van der Waals surface area contributed by atoms with Gasteiger partial charge in [0.15, 0.2) is 0 Å². The molecule has 0 aliphatic heterocycles. The molecule has 5 nitrogen and oxygen atoms in total. The highest BCUT2D eigenvalue weighted by molar-refractivity contribution is 6.13. The van der Waals surface area contributed by atoms with Crippen LogP contribution in [-0.2, 0) is 0 Å². The van der Waals surface area contributed by atoms with E-state index in [0.717, 1.165) is 61.0 Å². The molecule has 0 aliphatic carbocycles. The van der Waals surface area contributed by atoms with Gasteiger partial charge in [0.05, 0.1) is 56.4 Å². The third-order valence-corrected chi connectivity index (χ3v) is 11.1. The van der Waals surface area contributed by atoms with Crippen molar-refractivity contribution in [2.24, 2.45) is 0 Å². The molecule has 0 unspecified atom stereocenters. The second-order valence-corrected chi connectivity index (χ2v) is 14.0. The van der Waals surface area contributed by atoms with Crippen LogP contribution in [0.4, 0.5) is 0 Å². The lowest BCUT2D eigenvalue weighted by molar-refractivity contribution is 1.15. The first-order valence-corrected chi connectivity index (χ1v) is 18.3. The fourth-order valence-electron chi connectivity index (χ4n) is 8.77. The molecule has 55 heavy (non-hydrogen) atoms. The molecule has 11 rings (SSSR count). The molecule has 254 valence electrons. The Kier molecular flexibility index (Phi) is 6.61. The van der Waals surface area contributed by atoms with Crippen LogP contribution in [0.15, 0.2) is 176 Å². The number of hydrogen-bond donors (Lipinski definition) is 0. The van der Waals surface area contributed by atoms with Crippen molar-refractivity contribution in [1.82, 2.24) is 13.7 Å². The highest BCUT2D eigenvalue weighted by Crippen LogP contribution is 2.39. The number of nitrogens with zero attached hydrogens (tertiary/aromatic N) is 5. The molecule has 0 saturated carbocycles. The Hall–Kier alpha value is -7.86. The zero-order chi connectivity index (χ0) is 36.6. The van der Waals surface area contributed by atoms with Gasteiger partial charge in [-0.25, -0.2) is 0 Å². The standard InChI is InChI=1S/C50H29N5/c51-30-33-22-25-36(28-43(33)32-20-23-35(24-21-32)53-47-18-8-4-14-42(47)50-34(31-52)10-9-19-48(50)53)55-46-17-7-3-13-40(46)41-27-26-37(29-49(41)55)54-44-15-5-1-11-38(44)39-12-2-6-16-45(39)54/h1-29H. The highest BCUT2D eigenvalue weighted by Gasteiger charge is 2.19. The van der Waals surface area contributed by atoms with Crippen molar-refractivity contribution in [3.8, 4) is 40.3 Å². The fraction of sp³-hybridized carbons (Fsp3) is 0. The molecule has 3 aromatic heterocycles. The topological polar surface area (TPSA) is 62.4 Å². The van der Waals surface area contributed by atoms with Gasteiger partial charge in [-0.05, 0) is 84.4 Å². The summed E-state index contributed by atoms with van der Waals surface area (Å²) in [6.45, 7) is 0. The number of aromatic nitrogens is 3. The van der Waals surface area contributed by atoms with Gasteiger partial charge < -0.3 is 13.7 Å². The van der Waals surface area contributed by atoms with E-state index in [1.54, 1.807) is 0 Å². The number of rotatable bonds is 4. The molecule has 0 fully saturated rings. The molecule has 0 saturated heterocycles. The summed E-state index contributed by atoms with van der Waals surface area (Å²) in [5.41, 5.74) is 12.7. The lowest BCUT2D eigenvalue weighted by Gasteiger charge is -2.14. The molecule has 0 amide bonds. The third-order valence-electron chi connectivity index (χ3n) is 11.1.